The van der Waals surface area contributed by atoms with Gasteiger partial charge in [-0.15, -0.1) is 0 Å². The highest BCUT2D eigenvalue weighted by Crippen LogP contribution is 2.25. The number of methoxy groups -OCH3 is 2. The van der Waals surface area contributed by atoms with E-state index in [-0.39, 0.29) is 0 Å². The van der Waals surface area contributed by atoms with Gasteiger partial charge in [0, 0.05) is 95.4 Å². The summed E-state index contributed by atoms with van der Waals surface area (Å²) in [5.74, 6) is 1.09. The predicted molar refractivity (Wildman–Crippen MR) is 239 cm³/mol. The summed E-state index contributed by atoms with van der Waals surface area (Å²) >= 11 is 4.60. The van der Waals surface area contributed by atoms with Crippen LogP contribution >= 0.6 is 11.6 Å². The molecule has 4 heterocycles. The topological polar surface area (TPSA) is 191 Å². The highest BCUT2D eigenvalue weighted by molar-refractivity contribution is 6.61. The molecule has 8 rings (SSSR count). The van der Waals surface area contributed by atoms with Crippen molar-refractivity contribution in [1.82, 2.24) is 19.9 Å². The van der Waals surface area contributed by atoms with E-state index in [1.54, 1.807) is 24.5 Å². The molecule has 61 heavy (non-hydrogen) atoms. The lowest BCUT2D eigenvalue weighted by molar-refractivity contribution is 0.122. The van der Waals surface area contributed by atoms with Crippen molar-refractivity contribution in [2.75, 3.05) is 98.3 Å². The van der Waals surface area contributed by atoms with Crippen LogP contribution in [0, 0.1) is 0 Å². The number of carbonyl (C=O) groups is 2. The van der Waals surface area contributed by atoms with E-state index < -0.39 is 11.5 Å². The number of nitrogens with one attached hydrogen (secondary N) is 3. The van der Waals surface area contributed by atoms with Gasteiger partial charge in [0.1, 0.15) is 0 Å². The molecule has 0 saturated carbocycles. The fraction of sp³-hybridized carbons (Fsp3) is 0.227. The van der Waals surface area contributed by atoms with E-state index in [0.717, 1.165) is 92.2 Å². The van der Waals surface area contributed by atoms with Crippen LogP contribution in [0.3, 0.4) is 0 Å². The largest absolute Gasteiger partial charge is 0.457 e. The van der Waals surface area contributed by atoms with Gasteiger partial charge in [-0.3, -0.25) is 5.32 Å². The molecule has 1 amide bonds. The van der Waals surface area contributed by atoms with E-state index in [1.165, 1.54) is 25.6 Å². The monoisotopic (exact) mass is 846 g/mol. The summed E-state index contributed by atoms with van der Waals surface area (Å²) in [6, 6.07) is 35.3. The molecule has 0 unspecified atom stereocenters. The molecule has 2 aliphatic heterocycles. The van der Waals surface area contributed by atoms with Crippen molar-refractivity contribution in [3.05, 3.63) is 122 Å². The molecule has 0 radical (unpaired) electrons. The number of ether oxygens (including phenoxy) is 4. The van der Waals surface area contributed by atoms with Gasteiger partial charge in [0.2, 0.25) is 11.9 Å². The molecule has 0 bridgehead atoms. The van der Waals surface area contributed by atoms with Gasteiger partial charge < -0.3 is 45.1 Å². The van der Waals surface area contributed by atoms with E-state index in [2.05, 4.69) is 91.0 Å². The van der Waals surface area contributed by atoms with Crippen LogP contribution in [0.25, 0.3) is 22.5 Å². The SMILES string of the molecule is COC(=O)Cl.COC(=O)Nc1ccc(-c2ccnc(Nc3ccc(N4CCOCC4)cc3)n2)cc1.Nc1ccc(-c2ccnc(Nc3ccc(N4CCOCC4)cc3)n2)cc1. The summed E-state index contributed by atoms with van der Waals surface area (Å²) in [5.41, 5.74) is 14.2. The van der Waals surface area contributed by atoms with Crippen molar-refractivity contribution >= 4 is 69.1 Å². The minimum atomic E-state index is -0.773. The van der Waals surface area contributed by atoms with Gasteiger partial charge in [0.25, 0.3) is 0 Å². The van der Waals surface area contributed by atoms with Gasteiger partial charge in [-0.05, 0) is 84.9 Å². The molecule has 0 atom stereocenters. The smallest absolute Gasteiger partial charge is 0.411 e. The Morgan fingerprint density at radius 2 is 0.984 bits per heavy atom. The summed E-state index contributed by atoms with van der Waals surface area (Å²) in [4.78, 5) is 43.1. The normalized spacial score (nSPS) is 13.3. The van der Waals surface area contributed by atoms with E-state index in [1.807, 2.05) is 72.8 Å². The van der Waals surface area contributed by atoms with Crippen LogP contribution < -0.4 is 31.5 Å². The van der Waals surface area contributed by atoms with Crippen LogP contribution in [0.1, 0.15) is 0 Å². The molecule has 2 saturated heterocycles. The van der Waals surface area contributed by atoms with E-state index in [9.17, 15) is 9.59 Å². The number of morpholine rings is 2. The summed E-state index contributed by atoms with van der Waals surface area (Å²) < 4.78 is 19.3. The molecule has 17 heteroatoms. The minimum Gasteiger partial charge on any atom is -0.457 e. The Morgan fingerprint density at radius 1 is 0.590 bits per heavy atom. The standard InChI is InChI=1S/C22H23N5O3.C20H21N5O.C2H3ClO2/c1-29-22(28)25-18-4-2-16(3-5-18)20-10-11-23-21(26-20)24-17-6-8-19(9-7-17)27-12-14-30-15-13-27;21-16-3-1-15(2-4-16)19-9-10-22-20(24-19)23-17-5-7-18(8-6-17)25-11-13-26-14-12-25;1-5-2(3)4/h2-11H,12-15H2,1H3,(H,25,28)(H,23,24,26);1-10H,11-14,21H2,(H,22,23,24);1H3. The first-order valence-corrected chi connectivity index (χ1v) is 19.7. The maximum atomic E-state index is 11.3. The molecule has 2 fully saturated rings. The molecule has 2 aliphatic rings. The number of amides is 1. The van der Waals surface area contributed by atoms with Crippen molar-refractivity contribution in [2.45, 2.75) is 0 Å². The number of halogens is 1. The lowest BCUT2D eigenvalue weighted by Crippen LogP contribution is -2.36. The number of aromatic nitrogens is 4. The van der Waals surface area contributed by atoms with E-state index in [4.69, 9.17) is 15.2 Å². The zero-order chi connectivity index (χ0) is 42.8. The quantitative estimate of drug-likeness (QED) is 0.0804. The Morgan fingerprint density at radius 3 is 1.38 bits per heavy atom. The molecule has 5 N–H and O–H groups in total. The first-order chi connectivity index (χ1) is 29.8. The Hall–Kier alpha value is -7.01. The summed E-state index contributed by atoms with van der Waals surface area (Å²) in [7, 11) is 2.55. The third-order valence-electron chi connectivity index (χ3n) is 9.29. The van der Waals surface area contributed by atoms with Crippen molar-refractivity contribution < 1.29 is 28.5 Å². The summed E-state index contributed by atoms with van der Waals surface area (Å²) in [6.07, 6.45) is 2.96. The molecule has 16 nitrogen and oxygen atoms in total. The zero-order valence-corrected chi connectivity index (χ0v) is 34.5. The van der Waals surface area contributed by atoms with Gasteiger partial charge in [-0.25, -0.2) is 29.5 Å². The number of rotatable bonds is 9. The van der Waals surface area contributed by atoms with Crippen LogP contribution in [0.15, 0.2) is 122 Å². The maximum absolute atomic E-state index is 11.3. The average Bonchev–Trinajstić information content (AvgIpc) is 3.31. The number of hydrogen-bond acceptors (Lipinski definition) is 15. The number of benzene rings is 4. The Labute approximate surface area is 359 Å². The van der Waals surface area contributed by atoms with Crippen molar-refractivity contribution in [3.8, 4) is 22.5 Å². The predicted octanol–water partition coefficient (Wildman–Crippen LogP) is 8.20. The zero-order valence-electron chi connectivity index (χ0n) is 33.8. The molecule has 2 aromatic heterocycles. The summed E-state index contributed by atoms with van der Waals surface area (Å²) in [6.45, 7) is 6.77. The Balaban J connectivity index is 0.000000185. The van der Waals surface area contributed by atoms with Crippen LogP contribution in [0.4, 0.5) is 55.6 Å². The molecular formula is C44H47ClN10O6. The van der Waals surface area contributed by atoms with Crippen LogP contribution in [0.5, 0.6) is 0 Å². The number of carbonyl (C=O) groups excluding carboxylic acids is 2. The summed E-state index contributed by atoms with van der Waals surface area (Å²) in [5, 5.41) is 9.14. The number of nitrogen functional groups attached to an aromatic ring is 1. The van der Waals surface area contributed by atoms with E-state index in [0.29, 0.717) is 17.6 Å². The van der Waals surface area contributed by atoms with E-state index >= 15 is 0 Å². The lowest BCUT2D eigenvalue weighted by Gasteiger charge is -2.28. The van der Waals surface area contributed by atoms with Crippen LogP contribution in [-0.2, 0) is 18.9 Å². The third-order valence-corrected chi connectivity index (χ3v) is 9.44. The lowest BCUT2D eigenvalue weighted by atomic mass is 10.1. The Bertz CT molecular complexity index is 2290. The van der Waals surface area contributed by atoms with Crippen molar-refractivity contribution in [2.24, 2.45) is 0 Å². The van der Waals surface area contributed by atoms with Crippen molar-refractivity contribution in [1.29, 1.82) is 0 Å². The number of anilines is 8. The van der Waals surface area contributed by atoms with Crippen LogP contribution in [0.2, 0.25) is 0 Å². The second kappa shape index (κ2) is 22.4. The molecular weight excluding hydrogens is 800 g/mol. The van der Waals surface area contributed by atoms with Crippen molar-refractivity contribution in [3.63, 3.8) is 0 Å². The highest BCUT2D eigenvalue weighted by atomic mass is 35.5. The first-order valence-electron chi connectivity index (χ1n) is 19.4. The maximum Gasteiger partial charge on any atom is 0.411 e. The van der Waals surface area contributed by atoms with Gasteiger partial charge in [0.05, 0.1) is 52.0 Å². The average molecular weight is 847 g/mol. The third kappa shape index (κ3) is 13.5. The van der Waals surface area contributed by atoms with Gasteiger partial charge >= 0.3 is 11.5 Å². The van der Waals surface area contributed by atoms with Crippen LogP contribution in [-0.4, -0.2) is 98.3 Å². The molecule has 0 spiro atoms. The second-order valence-electron chi connectivity index (χ2n) is 13.3. The molecule has 4 aromatic carbocycles. The number of nitrogens with two attached hydrogens (primary N) is 1. The van der Waals surface area contributed by atoms with Gasteiger partial charge in [0.15, 0.2) is 0 Å². The fourth-order valence-electron chi connectivity index (χ4n) is 6.12. The number of hydrogen-bond donors (Lipinski definition) is 4. The minimum absolute atomic E-state index is 0.504. The fourth-order valence-corrected chi connectivity index (χ4v) is 6.12. The molecule has 6 aromatic rings. The molecule has 0 aliphatic carbocycles. The van der Waals surface area contributed by atoms with Gasteiger partial charge in [-0.2, -0.15) is 0 Å². The number of nitrogens with zero attached hydrogens (tertiary/aromatic N) is 6. The second-order valence-corrected chi connectivity index (χ2v) is 13.6. The molecule has 316 valence electrons. The highest BCUT2D eigenvalue weighted by Gasteiger charge is 2.13. The Kier molecular flexibility index (Phi) is 16.0. The first kappa shape index (κ1) is 43.6. The van der Waals surface area contributed by atoms with Gasteiger partial charge in [-0.1, -0.05) is 24.3 Å².